The fraction of sp³-hybridized carbons (Fsp3) is 0.100. The molecule has 0 atom stereocenters. The molecule has 0 unspecified atom stereocenters. The summed E-state index contributed by atoms with van der Waals surface area (Å²) in [5, 5.41) is 0. The summed E-state index contributed by atoms with van der Waals surface area (Å²) in [4.78, 5) is 0. The zero-order valence-electron chi connectivity index (χ0n) is 6.87. The third kappa shape index (κ3) is 1.49. The molecule has 3 heteroatoms. The lowest BCUT2D eigenvalue weighted by atomic mass is 10.3. The predicted octanol–water partition coefficient (Wildman–Crippen LogP) is 2.60. The standard InChI is InChI=1S/C10H8F2N/c11-8-3-4-10(9(12)7-8)13-5-1-2-6-13/h1,3-7H,2H2/q+1. The highest BCUT2D eigenvalue weighted by molar-refractivity contribution is 5.58. The smallest absolute Gasteiger partial charge is 0.207 e. The van der Waals surface area contributed by atoms with E-state index in [1.807, 2.05) is 12.3 Å². The molecule has 0 amide bonds. The summed E-state index contributed by atoms with van der Waals surface area (Å²) in [5.74, 6) is -1.09. The SMILES string of the molecule is Fc1ccc([N+]2=CCC=C2)c(F)c1. The summed E-state index contributed by atoms with van der Waals surface area (Å²) in [6.45, 7) is 0. The van der Waals surface area contributed by atoms with Gasteiger partial charge in [-0.2, -0.15) is 8.97 Å². The van der Waals surface area contributed by atoms with Gasteiger partial charge in [0.1, 0.15) is 5.82 Å². The molecule has 1 aliphatic rings. The fourth-order valence-electron chi connectivity index (χ4n) is 1.28. The molecule has 13 heavy (non-hydrogen) atoms. The van der Waals surface area contributed by atoms with E-state index in [2.05, 4.69) is 0 Å². The van der Waals surface area contributed by atoms with Crippen LogP contribution >= 0.6 is 0 Å². The van der Waals surface area contributed by atoms with Crippen LogP contribution in [0.15, 0.2) is 30.5 Å². The summed E-state index contributed by atoms with van der Waals surface area (Å²) < 4.78 is 27.4. The molecule has 0 saturated heterocycles. The van der Waals surface area contributed by atoms with Gasteiger partial charge in [0, 0.05) is 18.6 Å². The second-order valence-electron chi connectivity index (χ2n) is 2.81. The zero-order valence-corrected chi connectivity index (χ0v) is 6.87. The van der Waals surface area contributed by atoms with Crippen molar-refractivity contribution in [2.24, 2.45) is 0 Å². The highest BCUT2D eigenvalue weighted by Gasteiger charge is 2.15. The van der Waals surface area contributed by atoms with E-state index < -0.39 is 11.6 Å². The number of halogens is 2. The van der Waals surface area contributed by atoms with Gasteiger partial charge >= 0.3 is 0 Å². The van der Waals surface area contributed by atoms with Gasteiger partial charge in [-0.25, -0.2) is 4.39 Å². The van der Waals surface area contributed by atoms with E-state index in [-0.39, 0.29) is 0 Å². The van der Waals surface area contributed by atoms with E-state index in [4.69, 9.17) is 0 Å². The van der Waals surface area contributed by atoms with Crippen LogP contribution in [0.1, 0.15) is 6.42 Å². The molecule has 1 aliphatic heterocycles. The molecule has 0 aliphatic carbocycles. The Morgan fingerprint density at radius 3 is 2.69 bits per heavy atom. The van der Waals surface area contributed by atoms with Crippen molar-refractivity contribution in [1.29, 1.82) is 0 Å². The van der Waals surface area contributed by atoms with E-state index in [1.165, 1.54) is 12.1 Å². The van der Waals surface area contributed by atoms with Crippen molar-refractivity contribution in [2.45, 2.75) is 6.42 Å². The molecule has 1 nitrogen and oxygen atoms in total. The van der Waals surface area contributed by atoms with Gasteiger partial charge < -0.3 is 0 Å². The fourth-order valence-corrected chi connectivity index (χ4v) is 1.28. The first-order valence-corrected chi connectivity index (χ1v) is 4.01. The zero-order chi connectivity index (χ0) is 9.26. The monoisotopic (exact) mass is 180 g/mol. The molecule has 0 aromatic heterocycles. The lowest BCUT2D eigenvalue weighted by Crippen LogP contribution is -1.96. The molecule has 0 saturated carbocycles. The Morgan fingerprint density at radius 2 is 2.08 bits per heavy atom. The van der Waals surface area contributed by atoms with Crippen LogP contribution in [0.5, 0.6) is 0 Å². The molecule has 0 fully saturated rings. The third-order valence-corrected chi connectivity index (χ3v) is 1.89. The summed E-state index contributed by atoms with van der Waals surface area (Å²) >= 11 is 0. The predicted molar refractivity (Wildman–Crippen MR) is 46.1 cm³/mol. The van der Waals surface area contributed by atoms with E-state index in [0.717, 1.165) is 12.5 Å². The van der Waals surface area contributed by atoms with Crippen LogP contribution in [0.2, 0.25) is 0 Å². The van der Waals surface area contributed by atoms with Crippen LogP contribution in [0.4, 0.5) is 14.5 Å². The Morgan fingerprint density at radius 1 is 1.23 bits per heavy atom. The molecule has 0 bridgehead atoms. The van der Waals surface area contributed by atoms with Crippen LogP contribution in [0.25, 0.3) is 0 Å². The normalized spacial score (nSPS) is 14.8. The van der Waals surface area contributed by atoms with Crippen molar-refractivity contribution in [2.75, 3.05) is 0 Å². The van der Waals surface area contributed by atoms with Gasteiger partial charge in [0.05, 0.1) is 0 Å². The van der Waals surface area contributed by atoms with Gasteiger partial charge in [0.25, 0.3) is 0 Å². The van der Waals surface area contributed by atoms with Gasteiger partial charge in [-0.05, 0) is 12.1 Å². The van der Waals surface area contributed by atoms with Crippen LogP contribution in [-0.2, 0) is 0 Å². The molecule has 2 rings (SSSR count). The Labute approximate surface area is 74.6 Å². The Bertz CT molecular complexity index is 394. The highest BCUT2D eigenvalue weighted by atomic mass is 19.1. The molecule has 0 N–H and O–H groups in total. The van der Waals surface area contributed by atoms with Crippen LogP contribution in [-0.4, -0.2) is 10.8 Å². The minimum Gasteiger partial charge on any atom is -0.207 e. The number of hydrogen-bond acceptors (Lipinski definition) is 0. The summed E-state index contributed by atoms with van der Waals surface area (Å²) in [5.41, 5.74) is 0.384. The first kappa shape index (κ1) is 8.10. The molecular formula is C10H8F2N+. The highest BCUT2D eigenvalue weighted by Crippen LogP contribution is 2.19. The quantitative estimate of drug-likeness (QED) is 0.584. The molecule has 0 radical (unpaired) electrons. The van der Waals surface area contributed by atoms with Crippen molar-refractivity contribution < 1.29 is 13.4 Å². The van der Waals surface area contributed by atoms with Crippen molar-refractivity contribution in [3.63, 3.8) is 0 Å². The lowest BCUT2D eigenvalue weighted by Gasteiger charge is -1.95. The summed E-state index contributed by atoms with van der Waals surface area (Å²) in [6, 6.07) is 3.56. The van der Waals surface area contributed by atoms with Crippen LogP contribution in [0.3, 0.4) is 0 Å². The third-order valence-electron chi connectivity index (χ3n) is 1.89. The topological polar surface area (TPSA) is 3.01 Å². The van der Waals surface area contributed by atoms with E-state index in [9.17, 15) is 8.78 Å². The van der Waals surface area contributed by atoms with Gasteiger partial charge in [0.2, 0.25) is 5.69 Å². The average Bonchev–Trinajstić information content (AvgIpc) is 2.56. The van der Waals surface area contributed by atoms with Crippen molar-refractivity contribution in [3.8, 4) is 0 Å². The Hall–Kier alpha value is -1.51. The Balaban J connectivity index is 2.46. The minimum absolute atomic E-state index is 0.384. The van der Waals surface area contributed by atoms with Crippen LogP contribution < -0.4 is 0 Å². The van der Waals surface area contributed by atoms with Crippen molar-refractivity contribution >= 4 is 11.9 Å². The van der Waals surface area contributed by atoms with E-state index in [0.29, 0.717) is 5.69 Å². The first-order chi connectivity index (χ1) is 6.27. The number of rotatable bonds is 1. The number of allylic oxidation sites excluding steroid dienone is 1. The van der Waals surface area contributed by atoms with E-state index >= 15 is 0 Å². The van der Waals surface area contributed by atoms with Gasteiger partial charge in [-0.15, -0.1) is 0 Å². The van der Waals surface area contributed by atoms with Gasteiger partial charge in [-0.1, -0.05) is 0 Å². The maximum absolute atomic E-state index is 13.2. The van der Waals surface area contributed by atoms with Gasteiger partial charge in [-0.3, -0.25) is 0 Å². The second-order valence-corrected chi connectivity index (χ2v) is 2.81. The largest absolute Gasteiger partial charge is 0.246 e. The van der Waals surface area contributed by atoms with Crippen molar-refractivity contribution in [1.82, 2.24) is 0 Å². The molecular weight excluding hydrogens is 172 g/mol. The number of benzene rings is 1. The molecule has 1 heterocycles. The molecule has 1 aromatic rings. The molecule has 66 valence electrons. The maximum Gasteiger partial charge on any atom is 0.246 e. The maximum atomic E-state index is 13.2. The van der Waals surface area contributed by atoms with E-state index in [1.54, 1.807) is 10.8 Å². The molecule has 1 aromatic carbocycles. The first-order valence-electron chi connectivity index (χ1n) is 4.01. The minimum atomic E-state index is -0.551. The van der Waals surface area contributed by atoms with Crippen LogP contribution in [0, 0.1) is 11.6 Å². The van der Waals surface area contributed by atoms with Gasteiger partial charge in [0.15, 0.2) is 18.2 Å². The lowest BCUT2D eigenvalue weighted by molar-refractivity contribution is -0.354. The average molecular weight is 180 g/mol. The summed E-state index contributed by atoms with van der Waals surface area (Å²) in [7, 11) is 0. The van der Waals surface area contributed by atoms with Crippen molar-refractivity contribution in [3.05, 3.63) is 42.1 Å². The Kier molecular flexibility index (Phi) is 1.93. The summed E-state index contributed by atoms with van der Waals surface area (Å²) in [6.07, 6.45) is 6.28. The number of nitrogens with zero attached hydrogens (tertiary/aromatic N) is 1. The second kappa shape index (κ2) is 3.09. The number of hydrogen-bond donors (Lipinski definition) is 0. The molecule has 0 spiro atoms.